The van der Waals surface area contributed by atoms with Gasteiger partial charge in [-0.1, -0.05) is 29.5 Å². The lowest BCUT2D eigenvalue weighted by Crippen LogP contribution is -2.24. The number of aromatic nitrogens is 3. The molecule has 2 aromatic carbocycles. The number of amides is 2. The molecule has 2 N–H and O–H groups in total. The van der Waals surface area contributed by atoms with Gasteiger partial charge in [-0.25, -0.2) is 4.68 Å². The summed E-state index contributed by atoms with van der Waals surface area (Å²) in [5.41, 5.74) is 2.69. The minimum atomic E-state index is -0.463. The van der Waals surface area contributed by atoms with Gasteiger partial charge in [0.15, 0.2) is 12.0 Å². The van der Waals surface area contributed by atoms with E-state index in [1.54, 1.807) is 36.4 Å². The molecule has 0 bridgehead atoms. The van der Waals surface area contributed by atoms with E-state index in [0.29, 0.717) is 36.7 Å². The Kier molecular flexibility index (Phi) is 8.07. The van der Waals surface area contributed by atoms with Crippen LogP contribution in [0.4, 0.5) is 11.4 Å². The largest absolute Gasteiger partial charge is 0.351 e. The number of carbonyl (C=O) groups is 2. The number of anilines is 2. The Bertz CT molecular complexity index is 1050. The topological polar surface area (TPSA) is 107 Å². The molecule has 2 amide bonds. The van der Waals surface area contributed by atoms with E-state index < -0.39 is 12.2 Å². The molecule has 0 aliphatic rings. The lowest BCUT2D eigenvalue weighted by atomic mass is 10.1. The summed E-state index contributed by atoms with van der Waals surface area (Å²) < 4.78 is 12.5. The van der Waals surface area contributed by atoms with Crippen LogP contribution in [0, 0.1) is 6.92 Å². The lowest BCUT2D eigenvalue weighted by Gasteiger charge is -2.16. The van der Waals surface area contributed by atoms with Gasteiger partial charge in [-0.2, -0.15) is 0 Å². The highest BCUT2D eigenvalue weighted by Crippen LogP contribution is 2.21. The van der Waals surface area contributed by atoms with Gasteiger partial charge >= 0.3 is 0 Å². The SMILES string of the molecule is CCOC(Cn1cc(C(=O)Nc2cc(NC(=O)c3ccccc3)ccc2C)nn1)OCC. The van der Waals surface area contributed by atoms with Gasteiger partial charge in [-0.3, -0.25) is 9.59 Å². The monoisotopic (exact) mass is 437 g/mol. The van der Waals surface area contributed by atoms with Gasteiger partial charge in [-0.05, 0) is 50.6 Å². The second kappa shape index (κ2) is 11.2. The Balaban J connectivity index is 1.66. The van der Waals surface area contributed by atoms with Crippen LogP contribution in [0.3, 0.4) is 0 Å². The van der Waals surface area contributed by atoms with Crippen LogP contribution in [0.15, 0.2) is 54.7 Å². The van der Waals surface area contributed by atoms with E-state index in [4.69, 9.17) is 9.47 Å². The van der Waals surface area contributed by atoms with Gasteiger partial charge in [0.25, 0.3) is 11.8 Å². The van der Waals surface area contributed by atoms with Crippen molar-refractivity contribution in [3.63, 3.8) is 0 Å². The molecule has 0 atom stereocenters. The van der Waals surface area contributed by atoms with E-state index in [9.17, 15) is 9.59 Å². The van der Waals surface area contributed by atoms with Crippen molar-refractivity contribution in [1.29, 1.82) is 0 Å². The standard InChI is InChI=1S/C23H27N5O4/c1-4-31-21(32-5-2)15-28-14-20(26-27-28)23(30)25-19-13-18(12-11-16(19)3)24-22(29)17-9-7-6-8-10-17/h6-14,21H,4-5,15H2,1-3H3,(H,24,29)(H,25,30). The van der Waals surface area contributed by atoms with Gasteiger partial charge in [0.2, 0.25) is 0 Å². The Labute approximate surface area is 186 Å². The minimum Gasteiger partial charge on any atom is -0.351 e. The first-order valence-electron chi connectivity index (χ1n) is 10.4. The first kappa shape index (κ1) is 23.1. The quantitative estimate of drug-likeness (QED) is 0.470. The van der Waals surface area contributed by atoms with Gasteiger partial charge in [0.1, 0.15) is 0 Å². The number of nitrogens with zero attached hydrogens (tertiary/aromatic N) is 3. The average Bonchev–Trinajstić information content (AvgIpc) is 3.25. The molecule has 9 heteroatoms. The third kappa shape index (κ3) is 6.22. The number of nitrogens with one attached hydrogen (secondary N) is 2. The number of benzene rings is 2. The third-order valence-electron chi connectivity index (χ3n) is 4.59. The molecule has 0 fully saturated rings. The summed E-state index contributed by atoms with van der Waals surface area (Å²) in [6, 6.07) is 14.2. The van der Waals surface area contributed by atoms with Crippen LogP contribution >= 0.6 is 0 Å². The Morgan fingerprint density at radius 2 is 1.72 bits per heavy atom. The zero-order chi connectivity index (χ0) is 22.9. The fraction of sp³-hybridized carbons (Fsp3) is 0.304. The van der Waals surface area contributed by atoms with E-state index in [0.717, 1.165) is 5.56 Å². The number of aryl methyl sites for hydroxylation is 1. The Hall–Kier alpha value is -3.56. The normalized spacial score (nSPS) is 10.9. The predicted octanol–water partition coefficient (Wildman–Crippen LogP) is 3.49. The maximum atomic E-state index is 12.7. The highest BCUT2D eigenvalue weighted by atomic mass is 16.7. The highest BCUT2D eigenvalue weighted by molar-refractivity contribution is 6.06. The van der Waals surface area contributed by atoms with Crippen molar-refractivity contribution in [1.82, 2.24) is 15.0 Å². The number of hydrogen-bond acceptors (Lipinski definition) is 6. The van der Waals surface area contributed by atoms with Crippen LogP contribution in [-0.4, -0.2) is 46.3 Å². The van der Waals surface area contributed by atoms with E-state index >= 15 is 0 Å². The molecule has 0 saturated heterocycles. The van der Waals surface area contributed by atoms with Crippen LogP contribution < -0.4 is 10.6 Å². The van der Waals surface area contributed by atoms with Gasteiger partial charge in [0.05, 0.1) is 12.7 Å². The first-order chi connectivity index (χ1) is 15.5. The highest BCUT2D eigenvalue weighted by Gasteiger charge is 2.16. The van der Waals surface area contributed by atoms with Crippen molar-refractivity contribution >= 4 is 23.2 Å². The second-order valence-electron chi connectivity index (χ2n) is 6.97. The number of hydrogen-bond donors (Lipinski definition) is 2. The Morgan fingerprint density at radius 3 is 2.41 bits per heavy atom. The average molecular weight is 438 g/mol. The third-order valence-corrected chi connectivity index (χ3v) is 4.59. The fourth-order valence-corrected chi connectivity index (χ4v) is 2.98. The number of carbonyl (C=O) groups excluding carboxylic acids is 2. The molecule has 9 nitrogen and oxygen atoms in total. The molecule has 3 aromatic rings. The van der Waals surface area contributed by atoms with Crippen LogP contribution in [0.5, 0.6) is 0 Å². The molecule has 32 heavy (non-hydrogen) atoms. The van der Waals surface area contributed by atoms with Crippen molar-refractivity contribution < 1.29 is 19.1 Å². The van der Waals surface area contributed by atoms with E-state index in [-0.39, 0.29) is 11.6 Å². The van der Waals surface area contributed by atoms with Crippen molar-refractivity contribution in [2.24, 2.45) is 0 Å². The van der Waals surface area contributed by atoms with Gasteiger partial charge in [-0.15, -0.1) is 5.10 Å². The molecule has 0 aliphatic heterocycles. The summed E-state index contributed by atoms with van der Waals surface area (Å²) in [6.45, 7) is 6.95. The zero-order valence-corrected chi connectivity index (χ0v) is 18.4. The lowest BCUT2D eigenvalue weighted by molar-refractivity contribution is -0.145. The van der Waals surface area contributed by atoms with Crippen molar-refractivity contribution in [3.8, 4) is 0 Å². The summed E-state index contributed by atoms with van der Waals surface area (Å²) in [4.78, 5) is 25.1. The van der Waals surface area contributed by atoms with Gasteiger partial charge in [0, 0.05) is 30.2 Å². The molecular weight excluding hydrogens is 410 g/mol. The van der Waals surface area contributed by atoms with Crippen molar-refractivity contribution in [2.45, 2.75) is 33.6 Å². The molecule has 1 aromatic heterocycles. The maximum absolute atomic E-state index is 12.7. The molecule has 0 saturated carbocycles. The molecule has 1 heterocycles. The van der Waals surface area contributed by atoms with E-state index in [1.165, 1.54) is 10.9 Å². The predicted molar refractivity (Wildman–Crippen MR) is 121 cm³/mol. The first-order valence-corrected chi connectivity index (χ1v) is 10.4. The van der Waals surface area contributed by atoms with Gasteiger partial charge < -0.3 is 20.1 Å². The molecule has 0 radical (unpaired) electrons. The fourth-order valence-electron chi connectivity index (χ4n) is 2.98. The van der Waals surface area contributed by atoms with E-state index in [2.05, 4.69) is 20.9 Å². The zero-order valence-electron chi connectivity index (χ0n) is 18.4. The summed E-state index contributed by atoms with van der Waals surface area (Å²) in [7, 11) is 0. The second-order valence-corrected chi connectivity index (χ2v) is 6.97. The van der Waals surface area contributed by atoms with Crippen LogP contribution in [0.2, 0.25) is 0 Å². The number of rotatable bonds is 10. The summed E-state index contributed by atoms with van der Waals surface area (Å²) in [5, 5.41) is 13.6. The van der Waals surface area contributed by atoms with Crippen LogP contribution in [0.25, 0.3) is 0 Å². The molecular formula is C23H27N5O4. The molecule has 3 rings (SSSR count). The Morgan fingerprint density at radius 1 is 1.00 bits per heavy atom. The van der Waals surface area contributed by atoms with Crippen molar-refractivity contribution in [2.75, 3.05) is 23.8 Å². The van der Waals surface area contributed by atoms with Crippen LogP contribution in [-0.2, 0) is 16.0 Å². The molecule has 0 aliphatic carbocycles. The molecule has 0 unspecified atom stereocenters. The molecule has 168 valence electrons. The minimum absolute atomic E-state index is 0.162. The van der Waals surface area contributed by atoms with Crippen LogP contribution in [0.1, 0.15) is 40.3 Å². The number of ether oxygens (including phenoxy) is 2. The summed E-state index contributed by atoms with van der Waals surface area (Å²) in [5.74, 6) is -0.636. The molecule has 0 spiro atoms. The summed E-state index contributed by atoms with van der Waals surface area (Å²) in [6.07, 6.45) is 1.08. The maximum Gasteiger partial charge on any atom is 0.277 e. The van der Waals surface area contributed by atoms with Crippen molar-refractivity contribution in [3.05, 3.63) is 71.5 Å². The smallest absolute Gasteiger partial charge is 0.277 e. The van der Waals surface area contributed by atoms with E-state index in [1.807, 2.05) is 32.9 Å². The summed E-state index contributed by atoms with van der Waals surface area (Å²) >= 11 is 0.